The summed E-state index contributed by atoms with van der Waals surface area (Å²) in [5, 5.41) is 8.08. The molecule has 1 amide bonds. The fraction of sp³-hybridized carbons (Fsp3) is 0.455. The third kappa shape index (κ3) is 2.83. The maximum atomic E-state index is 10.7. The molecule has 0 unspecified atom stereocenters. The molecule has 0 aromatic carbocycles. The number of nitrogens with zero attached hydrogens (tertiary/aromatic N) is 2. The summed E-state index contributed by atoms with van der Waals surface area (Å²) in [7, 11) is 0. The topological polar surface area (TPSA) is 58.4 Å². The molecule has 0 aliphatic carbocycles. The Balaban J connectivity index is 1.88. The SMILES string of the molecule is CC(=O)NCCNCc1c(C)nc2sccn12. The number of imidazole rings is 1. The molecule has 92 valence electrons. The molecule has 0 atom stereocenters. The van der Waals surface area contributed by atoms with Crippen LogP contribution in [0.1, 0.15) is 18.3 Å². The van der Waals surface area contributed by atoms with Crippen LogP contribution < -0.4 is 10.6 Å². The summed E-state index contributed by atoms with van der Waals surface area (Å²) < 4.78 is 2.10. The van der Waals surface area contributed by atoms with E-state index in [1.807, 2.05) is 18.5 Å². The van der Waals surface area contributed by atoms with Crippen molar-refractivity contribution in [2.75, 3.05) is 13.1 Å². The number of thiazole rings is 1. The van der Waals surface area contributed by atoms with E-state index in [0.717, 1.165) is 23.7 Å². The summed E-state index contributed by atoms with van der Waals surface area (Å²) in [6, 6.07) is 0. The summed E-state index contributed by atoms with van der Waals surface area (Å²) in [5.41, 5.74) is 2.24. The smallest absolute Gasteiger partial charge is 0.216 e. The van der Waals surface area contributed by atoms with Gasteiger partial charge in [-0.15, -0.1) is 11.3 Å². The highest BCUT2D eigenvalue weighted by atomic mass is 32.1. The van der Waals surface area contributed by atoms with Crippen LogP contribution in [0.25, 0.3) is 4.96 Å². The number of amides is 1. The Labute approximate surface area is 104 Å². The van der Waals surface area contributed by atoms with Gasteiger partial charge < -0.3 is 10.6 Å². The summed E-state index contributed by atoms with van der Waals surface area (Å²) >= 11 is 1.64. The molecule has 2 heterocycles. The van der Waals surface area contributed by atoms with Gasteiger partial charge in [0.2, 0.25) is 5.91 Å². The van der Waals surface area contributed by atoms with Gasteiger partial charge in [0.1, 0.15) is 0 Å². The number of carbonyl (C=O) groups excluding carboxylic acids is 1. The van der Waals surface area contributed by atoms with Crippen molar-refractivity contribution < 1.29 is 4.79 Å². The van der Waals surface area contributed by atoms with Crippen molar-refractivity contribution in [2.45, 2.75) is 20.4 Å². The zero-order valence-corrected chi connectivity index (χ0v) is 10.8. The van der Waals surface area contributed by atoms with Gasteiger partial charge in [0.05, 0.1) is 11.4 Å². The second-order valence-electron chi connectivity index (χ2n) is 3.86. The summed E-state index contributed by atoms with van der Waals surface area (Å²) in [6.45, 7) is 5.72. The lowest BCUT2D eigenvalue weighted by Crippen LogP contribution is -2.30. The number of rotatable bonds is 5. The second-order valence-corrected chi connectivity index (χ2v) is 4.73. The van der Waals surface area contributed by atoms with Gasteiger partial charge in [-0.05, 0) is 6.92 Å². The van der Waals surface area contributed by atoms with Crippen molar-refractivity contribution in [3.63, 3.8) is 0 Å². The lowest BCUT2D eigenvalue weighted by Gasteiger charge is -2.05. The zero-order chi connectivity index (χ0) is 12.3. The quantitative estimate of drug-likeness (QED) is 0.778. The Kier molecular flexibility index (Phi) is 3.75. The number of aryl methyl sites for hydroxylation is 1. The molecule has 0 aliphatic heterocycles. The molecular weight excluding hydrogens is 236 g/mol. The number of fused-ring (bicyclic) bond motifs is 1. The van der Waals surface area contributed by atoms with Crippen LogP contribution in [0.5, 0.6) is 0 Å². The fourth-order valence-corrected chi connectivity index (χ4v) is 2.47. The second kappa shape index (κ2) is 5.29. The molecule has 2 aromatic heterocycles. The standard InChI is InChI=1S/C11H16N4OS/c1-8-10(7-12-3-4-13-9(2)16)15-5-6-17-11(15)14-8/h5-6,12H,3-4,7H2,1-2H3,(H,13,16). The third-order valence-electron chi connectivity index (χ3n) is 2.53. The van der Waals surface area contributed by atoms with Crippen LogP contribution in [0.4, 0.5) is 0 Å². The minimum Gasteiger partial charge on any atom is -0.355 e. The number of nitrogens with one attached hydrogen (secondary N) is 2. The first-order valence-electron chi connectivity index (χ1n) is 5.54. The fourth-order valence-electron chi connectivity index (χ4n) is 1.69. The normalized spacial score (nSPS) is 10.9. The van der Waals surface area contributed by atoms with E-state index in [4.69, 9.17) is 0 Å². The highest BCUT2D eigenvalue weighted by molar-refractivity contribution is 7.15. The van der Waals surface area contributed by atoms with Crippen LogP contribution in [-0.4, -0.2) is 28.4 Å². The molecule has 2 aromatic rings. The minimum atomic E-state index is 0.00700. The third-order valence-corrected chi connectivity index (χ3v) is 3.29. The Bertz CT molecular complexity index is 516. The van der Waals surface area contributed by atoms with Gasteiger partial charge in [-0.1, -0.05) is 0 Å². The van der Waals surface area contributed by atoms with Crippen molar-refractivity contribution in [1.29, 1.82) is 0 Å². The predicted octanol–water partition coefficient (Wildman–Crippen LogP) is 0.930. The average molecular weight is 252 g/mol. The number of aromatic nitrogens is 2. The first-order chi connectivity index (χ1) is 8.18. The summed E-state index contributed by atoms with van der Waals surface area (Å²) in [6.07, 6.45) is 2.03. The zero-order valence-electron chi connectivity index (χ0n) is 9.99. The van der Waals surface area contributed by atoms with Crippen LogP contribution in [0.2, 0.25) is 0 Å². The first-order valence-corrected chi connectivity index (χ1v) is 6.42. The Hall–Kier alpha value is -1.40. The lowest BCUT2D eigenvalue weighted by molar-refractivity contribution is -0.118. The van der Waals surface area contributed by atoms with Gasteiger partial charge in [0, 0.05) is 38.1 Å². The average Bonchev–Trinajstić information content (AvgIpc) is 2.80. The molecule has 2 N–H and O–H groups in total. The number of carbonyl (C=O) groups is 1. The monoisotopic (exact) mass is 252 g/mol. The van der Waals surface area contributed by atoms with Crippen molar-refractivity contribution in [2.24, 2.45) is 0 Å². The first kappa shape index (κ1) is 12.1. The highest BCUT2D eigenvalue weighted by Crippen LogP contribution is 2.16. The van der Waals surface area contributed by atoms with E-state index in [9.17, 15) is 4.79 Å². The van der Waals surface area contributed by atoms with Crippen LogP contribution >= 0.6 is 11.3 Å². The van der Waals surface area contributed by atoms with Gasteiger partial charge in [-0.3, -0.25) is 9.20 Å². The number of hydrogen-bond donors (Lipinski definition) is 2. The maximum absolute atomic E-state index is 10.7. The van der Waals surface area contributed by atoms with Crippen molar-refractivity contribution >= 4 is 22.2 Å². The molecule has 0 saturated carbocycles. The van der Waals surface area contributed by atoms with Gasteiger partial charge in [-0.2, -0.15) is 0 Å². The molecule has 0 fully saturated rings. The Morgan fingerprint density at radius 1 is 1.53 bits per heavy atom. The van der Waals surface area contributed by atoms with Gasteiger partial charge in [-0.25, -0.2) is 4.98 Å². The molecule has 0 saturated heterocycles. The summed E-state index contributed by atoms with van der Waals surface area (Å²) in [4.78, 5) is 16.2. The van der Waals surface area contributed by atoms with Crippen molar-refractivity contribution in [3.05, 3.63) is 23.0 Å². The molecule has 0 radical (unpaired) electrons. The van der Waals surface area contributed by atoms with E-state index >= 15 is 0 Å². The van der Waals surface area contributed by atoms with E-state index in [-0.39, 0.29) is 5.91 Å². The molecule has 2 rings (SSSR count). The predicted molar refractivity (Wildman–Crippen MR) is 68.2 cm³/mol. The van der Waals surface area contributed by atoms with Gasteiger partial charge >= 0.3 is 0 Å². The Morgan fingerprint density at radius 3 is 3.12 bits per heavy atom. The summed E-state index contributed by atoms with van der Waals surface area (Å²) in [5.74, 6) is 0.00700. The number of hydrogen-bond acceptors (Lipinski definition) is 4. The maximum Gasteiger partial charge on any atom is 0.216 e. The van der Waals surface area contributed by atoms with Gasteiger partial charge in [0.25, 0.3) is 0 Å². The minimum absolute atomic E-state index is 0.00700. The molecule has 17 heavy (non-hydrogen) atoms. The van der Waals surface area contributed by atoms with Crippen LogP contribution in [0, 0.1) is 6.92 Å². The molecule has 6 heteroatoms. The van der Waals surface area contributed by atoms with E-state index in [1.54, 1.807) is 11.3 Å². The molecule has 0 aliphatic rings. The van der Waals surface area contributed by atoms with Gasteiger partial charge in [0.15, 0.2) is 4.96 Å². The van der Waals surface area contributed by atoms with Crippen molar-refractivity contribution in [3.8, 4) is 0 Å². The van der Waals surface area contributed by atoms with Crippen LogP contribution in [0.15, 0.2) is 11.6 Å². The Morgan fingerprint density at radius 2 is 2.35 bits per heavy atom. The van der Waals surface area contributed by atoms with Crippen LogP contribution in [-0.2, 0) is 11.3 Å². The van der Waals surface area contributed by atoms with E-state index in [0.29, 0.717) is 6.54 Å². The molecular formula is C11H16N4OS. The van der Waals surface area contributed by atoms with Crippen molar-refractivity contribution in [1.82, 2.24) is 20.0 Å². The van der Waals surface area contributed by atoms with E-state index in [2.05, 4.69) is 20.0 Å². The lowest BCUT2D eigenvalue weighted by atomic mass is 10.3. The van der Waals surface area contributed by atoms with E-state index < -0.39 is 0 Å². The van der Waals surface area contributed by atoms with Crippen LogP contribution in [0.3, 0.4) is 0 Å². The highest BCUT2D eigenvalue weighted by Gasteiger charge is 2.08. The molecule has 5 nitrogen and oxygen atoms in total. The molecule has 0 bridgehead atoms. The molecule has 0 spiro atoms. The largest absolute Gasteiger partial charge is 0.355 e. The van der Waals surface area contributed by atoms with E-state index in [1.165, 1.54) is 12.6 Å².